The highest BCUT2D eigenvalue weighted by molar-refractivity contribution is 7.98. The van der Waals surface area contributed by atoms with Crippen LogP contribution in [0.25, 0.3) is 0 Å². The number of rotatable bonds is 9. The summed E-state index contributed by atoms with van der Waals surface area (Å²) in [4.78, 5) is 24.6. The van der Waals surface area contributed by atoms with Crippen molar-refractivity contribution >= 4 is 23.5 Å². The van der Waals surface area contributed by atoms with Crippen molar-refractivity contribution < 1.29 is 9.53 Å². The van der Waals surface area contributed by atoms with Crippen LogP contribution in [0.1, 0.15) is 53.4 Å². The number of hydrogen-bond acceptors (Lipinski definition) is 6. The first-order valence-corrected chi connectivity index (χ1v) is 12.8. The van der Waals surface area contributed by atoms with Gasteiger partial charge in [0.15, 0.2) is 5.16 Å². The zero-order valence-corrected chi connectivity index (χ0v) is 20.7. The normalized spacial score (nSPS) is 15.8. The molecule has 0 aliphatic carbocycles. The monoisotopic (exact) mass is 476 g/mol. The van der Waals surface area contributed by atoms with E-state index in [0.717, 1.165) is 34.3 Å². The van der Waals surface area contributed by atoms with E-state index < -0.39 is 0 Å². The molecule has 0 saturated carbocycles. The van der Waals surface area contributed by atoms with Crippen LogP contribution in [0.5, 0.6) is 0 Å². The number of ether oxygens (including phenoxy) is 1. The average molecular weight is 477 g/mol. The van der Waals surface area contributed by atoms with Gasteiger partial charge in [0.1, 0.15) is 5.82 Å². The second kappa shape index (κ2) is 12.0. The number of methoxy groups -OCH3 is 1. The van der Waals surface area contributed by atoms with E-state index in [4.69, 9.17) is 14.7 Å². The van der Waals surface area contributed by atoms with Crippen molar-refractivity contribution in [3.63, 3.8) is 0 Å². The molecule has 1 atom stereocenters. The molecular weight excluding hydrogens is 444 g/mol. The topological polar surface area (TPSA) is 67.3 Å². The molecule has 6 nitrogen and oxygen atoms in total. The van der Waals surface area contributed by atoms with Crippen LogP contribution in [0, 0.1) is 0 Å². The molecule has 178 valence electrons. The molecule has 2 aromatic carbocycles. The van der Waals surface area contributed by atoms with Crippen molar-refractivity contribution in [2.45, 2.75) is 56.3 Å². The highest BCUT2D eigenvalue weighted by atomic mass is 32.2. The second-order valence-electron chi connectivity index (χ2n) is 8.63. The Hall–Kier alpha value is -2.90. The molecule has 1 amide bonds. The molecule has 1 aliphatic heterocycles. The molecule has 1 aliphatic rings. The smallest absolute Gasteiger partial charge is 0.251 e. The minimum absolute atomic E-state index is 0.0737. The first-order valence-electron chi connectivity index (χ1n) is 11.8. The summed E-state index contributed by atoms with van der Waals surface area (Å²) in [6, 6.07) is 20.2. The molecule has 0 spiro atoms. The van der Waals surface area contributed by atoms with Gasteiger partial charge in [-0.1, -0.05) is 54.2 Å². The third-order valence-electron chi connectivity index (χ3n) is 5.99. The largest absolute Gasteiger partial charge is 0.378 e. The summed E-state index contributed by atoms with van der Waals surface area (Å²) in [5.74, 6) is 1.59. The first-order chi connectivity index (χ1) is 16.6. The van der Waals surface area contributed by atoms with E-state index in [0.29, 0.717) is 30.5 Å². The van der Waals surface area contributed by atoms with Gasteiger partial charge < -0.3 is 15.0 Å². The molecule has 2 heterocycles. The van der Waals surface area contributed by atoms with E-state index in [-0.39, 0.29) is 5.91 Å². The lowest BCUT2D eigenvalue weighted by molar-refractivity contribution is 0.0951. The third-order valence-corrected chi connectivity index (χ3v) is 6.91. The number of carbonyl (C=O) groups excluding carboxylic acids is 1. The van der Waals surface area contributed by atoms with Gasteiger partial charge in [0.05, 0.1) is 12.3 Å². The van der Waals surface area contributed by atoms with Crippen molar-refractivity contribution in [2.24, 2.45) is 0 Å². The van der Waals surface area contributed by atoms with E-state index in [2.05, 4.69) is 17.1 Å². The number of piperidine rings is 1. The van der Waals surface area contributed by atoms with Crippen molar-refractivity contribution in [2.75, 3.05) is 18.6 Å². The average Bonchev–Trinajstić information content (AvgIpc) is 2.87. The molecule has 1 aromatic heterocycles. The maximum absolute atomic E-state index is 12.6. The van der Waals surface area contributed by atoms with Crippen LogP contribution in [0.3, 0.4) is 0 Å². The molecule has 1 fully saturated rings. The summed E-state index contributed by atoms with van der Waals surface area (Å²) in [6.45, 7) is 4.26. The summed E-state index contributed by atoms with van der Waals surface area (Å²) >= 11 is 1.59. The minimum Gasteiger partial charge on any atom is -0.378 e. The predicted molar refractivity (Wildman–Crippen MR) is 137 cm³/mol. The van der Waals surface area contributed by atoms with Gasteiger partial charge >= 0.3 is 0 Å². The number of anilines is 1. The molecule has 4 rings (SSSR count). The Morgan fingerprint density at radius 1 is 1.09 bits per heavy atom. The molecule has 1 saturated heterocycles. The number of aromatic nitrogens is 2. The Kier molecular flexibility index (Phi) is 8.55. The second-order valence-corrected chi connectivity index (χ2v) is 9.57. The van der Waals surface area contributed by atoms with Gasteiger partial charge in [-0.15, -0.1) is 0 Å². The number of benzene rings is 2. The van der Waals surface area contributed by atoms with E-state index in [1.54, 1.807) is 18.9 Å². The maximum atomic E-state index is 12.6. The summed E-state index contributed by atoms with van der Waals surface area (Å²) in [5, 5.41) is 3.73. The lowest BCUT2D eigenvalue weighted by atomic mass is 10.0. The number of amides is 1. The maximum Gasteiger partial charge on any atom is 0.251 e. The van der Waals surface area contributed by atoms with Gasteiger partial charge in [-0.05, 0) is 49.4 Å². The number of carbonyl (C=O) groups is 1. The minimum atomic E-state index is -0.0737. The fourth-order valence-corrected chi connectivity index (χ4v) is 4.98. The molecule has 3 aromatic rings. The Morgan fingerprint density at radius 2 is 1.91 bits per heavy atom. The van der Waals surface area contributed by atoms with Crippen LogP contribution in [-0.2, 0) is 23.6 Å². The fraction of sp³-hybridized carbons (Fsp3) is 0.370. The van der Waals surface area contributed by atoms with Gasteiger partial charge in [-0.3, -0.25) is 4.79 Å². The van der Waals surface area contributed by atoms with E-state index in [1.807, 2.05) is 60.7 Å². The van der Waals surface area contributed by atoms with E-state index in [1.165, 1.54) is 19.3 Å². The first kappa shape index (κ1) is 24.2. The quantitative estimate of drug-likeness (QED) is 0.337. The fourth-order valence-electron chi connectivity index (χ4n) is 4.16. The Balaban J connectivity index is 1.43. The summed E-state index contributed by atoms with van der Waals surface area (Å²) in [6.07, 6.45) is 3.64. The van der Waals surface area contributed by atoms with Crippen molar-refractivity contribution in [3.8, 4) is 0 Å². The lowest BCUT2D eigenvalue weighted by Gasteiger charge is -2.34. The molecular formula is C27H32N4O2S. The Bertz CT molecular complexity index is 1090. The van der Waals surface area contributed by atoms with Gasteiger partial charge in [-0.25, -0.2) is 9.97 Å². The zero-order valence-electron chi connectivity index (χ0n) is 19.9. The van der Waals surface area contributed by atoms with Crippen molar-refractivity contribution in [1.29, 1.82) is 0 Å². The number of nitrogens with one attached hydrogen (secondary N) is 1. The van der Waals surface area contributed by atoms with Gasteiger partial charge in [0, 0.05) is 43.6 Å². The van der Waals surface area contributed by atoms with Crippen LogP contribution in [0.15, 0.2) is 65.8 Å². The molecule has 34 heavy (non-hydrogen) atoms. The molecule has 0 bridgehead atoms. The summed E-state index contributed by atoms with van der Waals surface area (Å²) in [5.41, 5.74) is 3.69. The number of hydrogen-bond donors (Lipinski definition) is 1. The standard InChI is InChI=1S/C27H32N4O2S/c1-20-9-6-7-14-31(20)25-16-24(18-33-2)29-27(30-25)34-19-22-12-8-13-23(15-22)26(32)28-17-21-10-4-3-5-11-21/h3-5,8,10-13,15-16,20H,6-7,9,14,17-19H2,1-2H3,(H,28,32). The SMILES string of the molecule is COCc1cc(N2CCCCC2C)nc(SCc2cccc(C(=O)NCc3ccccc3)c2)n1. The van der Waals surface area contributed by atoms with Crippen LogP contribution in [-0.4, -0.2) is 35.6 Å². The van der Waals surface area contributed by atoms with Gasteiger partial charge in [0.2, 0.25) is 0 Å². The zero-order chi connectivity index (χ0) is 23.8. The molecule has 7 heteroatoms. The highest BCUT2D eigenvalue weighted by Gasteiger charge is 2.21. The molecule has 1 N–H and O–H groups in total. The summed E-state index contributed by atoms with van der Waals surface area (Å²) < 4.78 is 5.35. The van der Waals surface area contributed by atoms with E-state index >= 15 is 0 Å². The number of thioether (sulfide) groups is 1. The summed E-state index contributed by atoms with van der Waals surface area (Å²) in [7, 11) is 1.69. The number of nitrogens with zero attached hydrogens (tertiary/aromatic N) is 3. The van der Waals surface area contributed by atoms with Crippen LogP contribution < -0.4 is 10.2 Å². The van der Waals surface area contributed by atoms with Gasteiger partial charge in [-0.2, -0.15) is 0 Å². The highest BCUT2D eigenvalue weighted by Crippen LogP contribution is 2.27. The Morgan fingerprint density at radius 3 is 2.71 bits per heavy atom. The van der Waals surface area contributed by atoms with Crippen molar-refractivity contribution in [1.82, 2.24) is 15.3 Å². The van der Waals surface area contributed by atoms with Crippen LogP contribution >= 0.6 is 11.8 Å². The van der Waals surface area contributed by atoms with Crippen LogP contribution in [0.2, 0.25) is 0 Å². The Labute approximate surface area is 206 Å². The van der Waals surface area contributed by atoms with Crippen LogP contribution in [0.4, 0.5) is 5.82 Å². The molecule has 1 unspecified atom stereocenters. The van der Waals surface area contributed by atoms with Crippen molar-refractivity contribution in [3.05, 3.63) is 83.0 Å². The third kappa shape index (κ3) is 6.58. The molecule has 0 radical (unpaired) electrons. The van der Waals surface area contributed by atoms with E-state index in [9.17, 15) is 4.79 Å². The van der Waals surface area contributed by atoms with Gasteiger partial charge in [0.25, 0.3) is 5.91 Å². The predicted octanol–water partition coefficient (Wildman–Crippen LogP) is 5.22. The lowest BCUT2D eigenvalue weighted by Crippen LogP contribution is -2.38.